The van der Waals surface area contributed by atoms with Gasteiger partial charge < -0.3 is 15.2 Å². The Bertz CT molecular complexity index is 494. The van der Waals surface area contributed by atoms with E-state index in [1.54, 1.807) is 0 Å². The van der Waals surface area contributed by atoms with Crippen LogP contribution in [0.2, 0.25) is 0 Å². The van der Waals surface area contributed by atoms with Crippen LogP contribution in [0.5, 0.6) is 0 Å². The first-order valence-electron chi connectivity index (χ1n) is 7.21. The van der Waals surface area contributed by atoms with E-state index < -0.39 is 5.60 Å². The number of aromatic nitrogens is 2. The standard InChI is InChI=1S/C14H20BrN3O2/c1-2-20-14(5-7-19-8-6-14)13-17-11(9-3-4-9)10(15)12(16)18-13/h9H,2-8H2,1H3,(H2,16,17,18). The lowest BCUT2D eigenvalue weighted by atomic mass is 9.92. The molecular weight excluding hydrogens is 322 g/mol. The van der Waals surface area contributed by atoms with Crippen molar-refractivity contribution in [3.8, 4) is 0 Å². The first kappa shape index (κ1) is 14.2. The number of anilines is 1. The average Bonchev–Trinajstić information content (AvgIpc) is 3.27. The quantitative estimate of drug-likeness (QED) is 0.911. The van der Waals surface area contributed by atoms with Crippen LogP contribution in [0.1, 0.15) is 50.0 Å². The summed E-state index contributed by atoms with van der Waals surface area (Å²) >= 11 is 3.52. The van der Waals surface area contributed by atoms with Crippen LogP contribution in [0.3, 0.4) is 0 Å². The van der Waals surface area contributed by atoms with Crippen molar-refractivity contribution in [2.75, 3.05) is 25.6 Å². The highest BCUT2D eigenvalue weighted by molar-refractivity contribution is 9.10. The number of ether oxygens (including phenoxy) is 2. The second-order valence-corrected chi connectivity index (χ2v) is 6.24. The summed E-state index contributed by atoms with van der Waals surface area (Å²) in [5.74, 6) is 1.76. The molecule has 1 aromatic heterocycles. The molecule has 0 aromatic carbocycles. The second kappa shape index (κ2) is 5.58. The third-order valence-electron chi connectivity index (χ3n) is 4.00. The molecule has 1 saturated carbocycles. The van der Waals surface area contributed by atoms with E-state index in [-0.39, 0.29) is 0 Å². The van der Waals surface area contributed by atoms with Gasteiger partial charge in [-0.3, -0.25) is 0 Å². The Hall–Kier alpha value is -0.720. The SMILES string of the molecule is CCOC1(c2nc(N)c(Br)c(C3CC3)n2)CCOCC1. The van der Waals surface area contributed by atoms with Crippen molar-refractivity contribution in [1.82, 2.24) is 9.97 Å². The molecule has 2 N–H and O–H groups in total. The number of nitrogens with zero attached hydrogens (tertiary/aromatic N) is 2. The van der Waals surface area contributed by atoms with Crippen molar-refractivity contribution in [1.29, 1.82) is 0 Å². The van der Waals surface area contributed by atoms with Gasteiger partial charge in [0.1, 0.15) is 11.4 Å². The lowest BCUT2D eigenvalue weighted by Crippen LogP contribution is -2.38. The molecule has 110 valence electrons. The van der Waals surface area contributed by atoms with Gasteiger partial charge in [0.2, 0.25) is 0 Å². The van der Waals surface area contributed by atoms with Gasteiger partial charge in [0.05, 0.1) is 10.2 Å². The normalized spacial score (nSPS) is 21.9. The summed E-state index contributed by atoms with van der Waals surface area (Å²) in [4.78, 5) is 9.29. The van der Waals surface area contributed by atoms with E-state index in [4.69, 9.17) is 20.2 Å². The topological polar surface area (TPSA) is 70.3 Å². The van der Waals surface area contributed by atoms with Crippen LogP contribution in [-0.4, -0.2) is 29.8 Å². The van der Waals surface area contributed by atoms with Crippen molar-refractivity contribution >= 4 is 21.7 Å². The number of nitrogens with two attached hydrogens (primary N) is 1. The van der Waals surface area contributed by atoms with Crippen LogP contribution in [0.15, 0.2) is 4.47 Å². The van der Waals surface area contributed by atoms with E-state index in [0.29, 0.717) is 31.6 Å². The lowest BCUT2D eigenvalue weighted by Gasteiger charge is -2.35. The van der Waals surface area contributed by atoms with Crippen molar-refractivity contribution in [2.24, 2.45) is 0 Å². The molecule has 1 aliphatic heterocycles. The molecule has 2 heterocycles. The highest BCUT2D eigenvalue weighted by Crippen LogP contribution is 2.45. The van der Waals surface area contributed by atoms with Crippen molar-refractivity contribution in [3.63, 3.8) is 0 Å². The average molecular weight is 342 g/mol. The molecule has 0 amide bonds. The van der Waals surface area contributed by atoms with Crippen LogP contribution >= 0.6 is 15.9 Å². The van der Waals surface area contributed by atoms with Crippen LogP contribution in [0.4, 0.5) is 5.82 Å². The molecule has 1 aliphatic carbocycles. The van der Waals surface area contributed by atoms with Gasteiger partial charge in [0.15, 0.2) is 5.82 Å². The predicted octanol–water partition coefficient (Wildman–Crippen LogP) is 2.74. The van der Waals surface area contributed by atoms with E-state index in [9.17, 15) is 0 Å². The fourth-order valence-electron chi connectivity index (χ4n) is 2.72. The van der Waals surface area contributed by atoms with E-state index in [1.807, 2.05) is 6.92 Å². The minimum Gasteiger partial charge on any atom is -0.383 e. The summed E-state index contributed by atoms with van der Waals surface area (Å²) in [5.41, 5.74) is 6.66. The van der Waals surface area contributed by atoms with Gasteiger partial charge in [-0.1, -0.05) is 0 Å². The Morgan fingerprint density at radius 1 is 1.35 bits per heavy atom. The smallest absolute Gasteiger partial charge is 0.163 e. The fourth-order valence-corrected chi connectivity index (χ4v) is 3.22. The third kappa shape index (κ3) is 2.56. The summed E-state index contributed by atoms with van der Waals surface area (Å²) in [6.07, 6.45) is 3.93. The fraction of sp³-hybridized carbons (Fsp3) is 0.714. The number of rotatable bonds is 4. The maximum Gasteiger partial charge on any atom is 0.163 e. The number of hydrogen-bond acceptors (Lipinski definition) is 5. The zero-order chi connectivity index (χ0) is 14.2. The van der Waals surface area contributed by atoms with Crippen LogP contribution in [-0.2, 0) is 15.1 Å². The maximum atomic E-state index is 6.06. The van der Waals surface area contributed by atoms with Gasteiger partial charge in [0, 0.05) is 38.6 Å². The van der Waals surface area contributed by atoms with Gasteiger partial charge in [-0.15, -0.1) is 0 Å². The zero-order valence-corrected chi connectivity index (χ0v) is 13.3. The van der Waals surface area contributed by atoms with Gasteiger partial charge in [-0.05, 0) is 35.7 Å². The molecule has 5 nitrogen and oxygen atoms in total. The van der Waals surface area contributed by atoms with E-state index in [2.05, 4.69) is 20.9 Å². The molecule has 1 aromatic rings. The summed E-state index contributed by atoms with van der Waals surface area (Å²) in [6.45, 7) is 4.00. The number of nitrogen functional groups attached to an aromatic ring is 1. The van der Waals surface area contributed by atoms with Crippen LogP contribution < -0.4 is 5.73 Å². The minimum absolute atomic E-state index is 0.439. The molecule has 0 spiro atoms. The Morgan fingerprint density at radius 2 is 2.05 bits per heavy atom. The first-order chi connectivity index (χ1) is 9.66. The highest BCUT2D eigenvalue weighted by Gasteiger charge is 2.40. The van der Waals surface area contributed by atoms with Crippen molar-refractivity contribution < 1.29 is 9.47 Å². The molecule has 0 atom stereocenters. The lowest BCUT2D eigenvalue weighted by molar-refractivity contribution is -0.117. The summed E-state index contributed by atoms with van der Waals surface area (Å²) < 4.78 is 12.3. The molecule has 6 heteroatoms. The van der Waals surface area contributed by atoms with Gasteiger partial charge in [-0.25, -0.2) is 9.97 Å². The minimum atomic E-state index is -0.439. The molecule has 2 fully saturated rings. The molecule has 20 heavy (non-hydrogen) atoms. The molecule has 2 aliphatic rings. The van der Waals surface area contributed by atoms with Gasteiger partial charge in [-0.2, -0.15) is 0 Å². The second-order valence-electron chi connectivity index (χ2n) is 5.45. The molecule has 3 rings (SSSR count). The van der Waals surface area contributed by atoms with Gasteiger partial charge in [0.25, 0.3) is 0 Å². The predicted molar refractivity (Wildman–Crippen MR) is 79.5 cm³/mol. The maximum absolute atomic E-state index is 6.06. The molecule has 1 saturated heterocycles. The van der Waals surface area contributed by atoms with Crippen molar-refractivity contribution in [2.45, 2.75) is 44.1 Å². The molecule has 0 radical (unpaired) electrons. The highest BCUT2D eigenvalue weighted by atomic mass is 79.9. The van der Waals surface area contributed by atoms with E-state index in [1.165, 1.54) is 12.8 Å². The van der Waals surface area contributed by atoms with Crippen LogP contribution in [0.25, 0.3) is 0 Å². The number of hydrogen-bond donors (Lipinski definition) is 1. The summed E-state index contributed by atoms with van der Waals surface area (Å²) in [6, 6.07) is 0. The monoisotopic (exact) mass is 341 g/mol. The number of halogens is 1. The Kier molecular flexibility index (Phi) is 3.97. The molecule has 0 unspecified atom stereocenters. The van der Waals surface area contributed by atoms with E-state index in [0.717, 1.165) is 28.8 Å². The summed E-state index contributed by atoms with van der Waals surface area (Å²) in [7, 11) is 0. The van der Waals surface area contributed by atoms with Crippen LogP contribution in [0, 0.1) is 0 Å². The molecule has 0 bridgehead atoms. The van der Waals surface area contributed by atoms with Crippen molar-refractivity contribution in [3.05, 3.63) is 16.0 Å². The molecular formula is C14H20BrN3O2. The Morgan fingerprint density at radius 3 is 2.65 bits per heavy atom. The van der Waals surface area contributed by atoms with E-state index >= 15 is 0 Å². The van der Waals surface area contributed by atoms with Gasteiger partial charge >= 0.3 is 0 Å². The first-order valence-corrected chi connectivity index (χ1v) is 8.00. The summed E-state index contributed by atoms with van der Waals surface area (Å²) in [5, 5.41) is 0. The third-order valence-corrected chi connectivity index (χ3v) is 4.81. The Labute approximate surface area is 127 Å². The Balaban J connectivity index is 2.02. The largest absolute Gasteiger partial charge is 0.383 e. The zero-order valence-electron chi connectivity index (χ0n) is 11.7.